The first-order valence-electron chi connectivity index (χ1n) is 12.9. The average molecular weight is 548 g/mol. The Kier molecular flexibility index (Phi) is 11.0. The molecule has 0 spiro atoms. The van der Waals surface area contributed by atoms with E-state index in [9.17, 15) is 19.5 Å². The van der Waals surface area contributed by atoms with E-state index in [1.54, 1.807) is 57.2 Å². The fraction of sp³-hybridized carbons (Fsp3) is 0.536. The Bertz CT molecular complexity index is 1060. The number of aliphatic hydroxyl groups excluding tert-OH is 2. The molecule has 1 aliphatic carbocycles. The highest BCUT2D eigenvalue weighted by Gasteiger charge is 2.42. The maximum atomic E-state index is 13.1. The number of hydrogen-bond acceptors (Lipinski definition) is 10. The maximum Gasteiger partial charge on any atom is 0.339 e. The van der Waals surface area contributed by atoms with Gasteiger partial charge < -0.3 is 39.2 Å². The van der Waals surface area contributed by atoms with Crippen LogP contribution in [0.1, 0.15) is 56.0 Å². The minimum Gasteiger partial charge on any atom is -0.499 e. The normalized spacial score (nSPS) is 21.6. The van der Waals surface area contributed by atoms with Crippen molar-refractivity contribution in [2.24, 2.45) is 0 Å². The van der Waals surface area contributed by atoms with E-state index in [-0.39, 0.29) is 45.9 Å². The molecular formula is C28H37NO10. The molecule has 1 aromatic carbocycles. The second kappa shape index (κ2) is 14.2. The zero-order valence-corrected chi connectivity index (χ0v) is 22.5. The summed E-state index contributed by atoms with van der Waals surface area (Å²) in [4.78, 5) is 38.2. The molecule has 1 saturated heterocycles. The first-order valence-corrected chi connectivity index (χ1v) is 12.9. The van der Waals surface area contributed by atoms with Gasteiger partial charge in [-0.2, -0.15) is 0 Å². The largest absolute Gasteiger partial charge is 0.499 e. The third-order valence-electron chi connectivity index (χ3n) is 5.95. The topological polar surface area (TPSA) is 150 Å². The van der Waals surface area contributed by atoms with E-state index in [1.165, 1.54) is 6.26 Å². The molecule has 1 aliphatic heterocycles. The summed E-state index contributed by atoms with van der Waals surface area (Å²) in [6.45, 7) is 4.91. The summed E-state index contributed by atoms with van der Waals surface area (Å²) in [5.74, 6) is -1.49. The van der Waals surface area contributed by atoms with Gasteiger partial charge in [0.2, 0.25) is 5.91 Å². The standard InChI is InChI=1S/C28H37NO10/c1-28(2,3)39-24(32)9-8-20(16-31)29-26(33)19-14-22-25(37-17-36-22)23(15-19)38-27(34)21-7-5-4-6-18(21)10-12-35-13-11-30/h4-7,10,12,14,20,22-23,25,30-31H,8-9,11,13,15-17H2,1-3H3,(H,29,33). The molecule has 39 heavy (non-hydrogen) atoms. The van der Waals surface area contributed by atoms with Gasteiger partial charge in [0.25, 0.3) is 0 Å². The lowest BCUT2D eigenvalue weighted by Gasteiger charge is -2.30. The quantitative estimate of drug-likeness (QED) is 0.201. The van der Waals surface area contributed by atoms with Crippen LogP contribution in [-0.2, 0) is 33.3 Å². The number of ether oxygens (including phenoxy) is 5. The van der Waals surface area contributed by atoms with Crippen LogP contribution in [0, 0.1) is 0 Å². The van der Waals surface area contributed by atoms with Crippen LogP contribution in [-0.4, -0.2) is 84.6 Å². The van der Waals surface area contributed by atoms with Gasteiger partial charge in [-0.05, 0) is 51.0 Å². The second-order valence-electron chi connectivity index (χ2n) is 10.2. The number of nitrogens with one attached hydrogen (secondary N) is 1. The molecule has 1 aromatic rings. The van der Waals surface area contributed by atoms with Gasteiger partial charge in [-0.15, -0.1) is 0 Å². The molecule has 3 rings (SSSR count). The number of hydrogen-bond donors (Lipinski definition) is 3. The Hall–Kier alpha value is -3.25. The molecular weight excluding hydrogens is 510 g/mol. The molecule has 0 bridgehead atoms. The zero-order valence-electron chi connectivity index (χ0n) is 22.5. The number of benzene rings is 1. The maximum absolute atomic E-state index is 13.1. The van der Waals surface area contributed by atoms with Crippen LogP contribution in [0.2, 0.25) is 0 Å². The first-order chi connectivity index (χ1) is 18.6. The molecule has 3 N–H and O–H groups in total. The Morgan fingerprint density at radius 1 is 1.18 bits per heavy atom. The molecule has 0 aromatic heterocycles. The molecule has 4 atom stereocenters. The predicted molar refractivity (Wildman–Crippen MR) is 139 cm³/mol. The lowest BCUT2D eigenvalue weighted by atomic mass is 9.91. The fourth-order valence-electron chi connectivity index (χ4n) is 4.17. The Morgan fingerprint density at radius 2 is 1.95 bits per heavy atom. The van der Waals surface area contributed by atoms with E-state index in [1.807, 2.05) is 0 Å². The van der Waals surface area contributed by atoms with Crippen LogP contribution >= 0.6 is 0 Å². The van der Waals surface area contributed by atoms with E-state index < -0.39 is 47.8 Å². The highest BCUT2D eigenvalue weighted by Crippen LogP contribution is 2.31. The summed E-state index contributed by atoms with van der Waals surface area (Å²) >= 11 is 0. The minimum atomic E-state index is -0.798. The molecule has 0 saturated carbocycles. The van der Waals surface area contributed by atoms with Crippen LogP contribution in [0.15, 0.2) is 42.2 Å². The number of aliphatic hydroxyl groups is 2. The average Bonchev–Trinajstić information content (AvgIpc) is 3.37. The Morgan fingerprint density at radius 3 is 2.67 bits per heavy atom. The highest BCUT2D eigenvalue weighted by atomic mass is 16.7. The van der Waals surface area contributed by atoms with Gasteiger partial charge >= 0.3 is 11.9 Å². The van der Waals surface area contributed by atoms with Crippen molar-refractivity contribution in [2.75, 3.05) is 26.6 Å². The van der Waals surface area contributed by atoms with E-state index in [4.69, 9.17) is 28.8 Å². The molecule has 1 amide bonds. The summed E-state index contributed by atoms with van der Waals surface area (Å²) in [6.07, 6.45) is 2.94. The summed E-state index contributed by atoms with van der Waals surface area (Å²) in [7, 11) is 0. The van der Waals surface area contributed by atoms with E-state index in [0.717, 1.165) is 0 Å². The van der Waals surface area contributed by atoms with Gasteiger partial charge in [0.05, 0.1) is 31.1 Å². The van der Waals surface area contributed by atoms with Gasteiger partial charge in [-0.3, -0.25) is 9.59 Å². The van der Waals surface area contributed by atoms with Crippen molar-refractivity contribution < 1.29 is 48.3 Å². The predicted octanol–water partition coefficient (Wildman–Crippen LogP) is 1.86. The zero-order chi connectivity index (χ0) is 28.4. The van der Waals surface area contributed by atoms with Crippen LogP contribution in [0.25, 0.3) is 6.08 Å². The van der Waals surface area contributed by atoms with Gasteiger partial charge in [-0.1, -0.05) is 18.2 Å². The number of carbonyl (C=O) groups is 3. The van der Waals surface area contributed by atoms with Crippen LogP contribution < -0.4 is 5.32 Å². The fourth-order valence-corrected chi connectivity index (χ4v) is 4.17. The van der Waals surface area contributed by atoms with Crippen molar-refractivity contribution in [1.82, 2.24) is 5.32 Å². The minimum absolute atomic E-state index is 0.00848. The molecule has 214 valence electrons. The number of rotatable bonds is 12. The lowest BCUT2D eigenvalue weighted by molar-refractivity contribution is -0.155. The Balaban J connectivity index is 1.65. The molecule has 0 radical (unpaired) electrons. The summed E-state index contributed by atoms with van der Waals surface area (Å²) in [5, 5.41) is 21.3. The van der Waals surface area contributed by atoms with E-state index >= 15 is 0 Å². The number of carbonyl (C=O) groups excluding carboxylic acids is 3. The number of esters is 2. The molecule has 11 heteroatoms. The van der Waals surface area contributed by atoms with Gasteiger partial charge in [0.15, 0.2) is 0 Å². The summed E-state index contributed by atoms with van der Waals surface area (Å²) in [6, 6.07) is 6.13. The molecule has 11 nitrogen and oxygen atoms in total. The smallest absolute Gasteiger partial charge is 0.339 e. The highest BCUT2D eigenvalue weighted by molar-refractivity contribution is 5.95. The van der Waals surface area contributed by atoms with Crippen LogP contribution in [0.5, 0.6) is 0 Å². The van der Waals surface area contributed by atoms with Crippen LogP contribution in [0.3, 0.4) is 0 Å². The van der Waals surface area contributed by atoms with E-state index in [0.29, 0.717) is 16.7 Å². The molecule has 2 aliphatic rings. The monoisotopic (exact) mass is 547 g/mol. The van der Waals surface area contributed by atoms with Crippen molar-refractivity contribution in [2.45, 2.75) is 70.0 Å². The van der Waals surface area contributed by atoms with Gasteiger partial charge in [-0.25, -0.2) is 4.79 Å². The molecule has 1 heterocycles. The second-order valence-corrected chi connectivity index (χ2v) is 10.2. The lowest BCUT2D eigenvalue weighted by Crippen LogP contribution is -2.45. The Labute approximate surface area is 227 Å². The third-order valence-corrected chi connectivity index (χ3v) is 5.95. The molecule has 1 fully saturated rings. The number of amides is 1. The van der Waals surface area contributed by atoms with Crippen molar-refractivity contribution in [3.05, 3.63) is 53.3 Å². The summed E-state index contributed by atoms with van der Waals surface area (Å²) in [5.41, 5.74) is 0.542. The van der Waals surface area contributed by atoms with Gasteiger partial charge in [0, 0.05) is 18.4 Å². The van der Waals surface area contributed by atoms with Crippen molar-refractivity contribution in [1.29, 1.82) is 0 Å². The SMILES string of the molecule is CC(C)(C)OC(=O)CCC(CO)NC(=O)C1=CC2OCOC2C(OC(=O)c2ccccc2C=COCCO)C1. The number of fused-ring (bicyclic) bond motifs is 1. The van der Waals surface area contributed by atoms with Crippen molar-refractivity contribution in [3.63, 3.8) is 0 Å². The van der Waals surface area contributed by atoms with Crippen LogP contribution in [0.4, 0.5) is 0 Å². The summed E-state index contributed by atoms with van der Waals surface area (Å²) < 4.78 is 27.5. The van der Waals surface area contributed by atoms with Crippen molar-refractivity contribution in [3.8, 4) is 0 Å². The third kappa shape index (κ3) is 9.17. The molecule has 4 unspecified atom stereocenters. The van der Waals surface area contributed by atoms with Gasteiger partial charge in [0.1, 0.15) is 37.3 Å². The van der Waals surface area contributed by atoms with E-state index in [2.05, 4.69) is 5.32 Å². The first kappa shape index (κ1) is 30.3. The van der Waals surface area contributed by atoms with Crippen molar-refractivity contribution >= 4 is 23.9 Å².